The molecule has 1 amide bonds. The quantitative estimate of drug-likeness (QED) is 0.607. The van der Waals surface area contributed by atoms with E-state index in [1.807, 2.05) is 6.92 Å². The number of rotatable bonds is 6. The Hall–Kier alpha value is -2.15. The van der Waals surface area contributed by atoms with E-state index in [-0.39, 0.29) is 23.4 Å². The molecule has 1 aliphatic carbocycles. The molecule has 0 bridgehead atoms. The van der Waals surface area contributed by atoms with Crippen molar-refractivity contribution in [1.29, 1.82) is 0 Å². The van der Waals surface area contributed by atoms with Gasteiger partial charge in [-0.25, -0.2) is 0 Å². The van der Waals surface area contributed by atoms with Crippen LogP contribution in [0.3, 0.4) is 0 Å². The van der Waals surface area contributed by atoms with Gasteiger partial charge >= 0.3 is 0 Å². The molecule has 4 atom stereocenters. The minimum atomic E-state index is -0.496. The van der Waals surface area contributed by atoms with E-state index in [9.17, 15) is 14.9 Å². The smallest absolute Gasteiger partial charge is 0.273 e. The number of nitro groups is 1. The largest absolute Gasteiger partial charge is 0.494 e. The van der Waals surface area contributed by atoms with Crippen molar-refractivity contribution in [3.8, 4) is 5.75 Å². The van der Waals surface area contributed by atoms with Crippen LogP contribution in [0.4, 0.5) is 11.4 Å². The summed E-state index contributed by atoms with van der Waals surface area (Å²) in [6, 6.07) is 4.10. The van der Waals surface area contributed by atoms with E-state index in [1.54, 1.807) is 0 Å². The molecular weight excluding hydrogens is 322 g/mol. The van der Waals surface area contributed by atoms with Crippen molar-refractivity contribution in [3.05, 3.63) is 28.3 Å². The molecule has 1 saturated carbocycles. The molecule has 1 aromatic rings. The standard InChI is InChI=1S/C18H27N3O4/c1-11-6-5-7-15(12(11)2)19-13(3)18(22)20-16-9-8-14(21(23)24)10-17(16)25-4/h8-13,15,19H,5-7H2,1-4H3,(H,20,22)/t11-,12+,13-,15-/m0/s1. The van der Waals surface area contributed by atoms with E-state index in [2.05, 4.69) is 24.5 Å². The third kappa shape index (κ3) is 4.69. The van der Waals surface area contributed by atoms with E-state index in [0.717, 1.165) is 6.42 Å². The second-order valence-electron chi connectivity index (χ2n) is 6.89. The van der Waals surface area contributed by atoms with Crippen molar-refractivity contribution in [2.45, 2.75) is 52.1 Å². The molecule has 0 saturated heterocycles. The molecule has 0 radical (unpaired) electrons. The average molecular weight is 349 g/mol. The average Bonchev–Trinajstić information content (AvgIpc) is 2.58. The highest BCUT2D eigenvalue weighted by molar-refractivity contribution is 5.96. The van der Waals surface area contributed by atoms with Crippen molar-refractivity contribution in [2.75, 3.05) is 12.4 Å². The van der Waals surface area contributed by atoms with Crippen LogP contribution in [-0.2, 0) is 4.79 Å². The first-order valence-electron chi connectivity index (χ1n) is 8.72. The first-order valence-corrected chi connectivity index (χ1v) is 8.72. The highest BCUT2D eigenvalue weighted by Crippen LogP contribution is 2.31. The molecule has 7 nitrogen and oxygen atoms in total. The van der Waals surface area contributed by atoms with Gasteiger partial charge in [0.05, 0.1) is 29.8 Å². The number of methoxy groups -OCH3 is 1. The Bertz CT molecular complexity index is 635. The van der Waals surface area contributed by atoms with Crippen LogP contribution < -0.4 is 15.4 Å². The number of benzene rings is 1. The first kappa shape index (κ1) is 19.2. The van der Waals surface area contributed by atoms with Gasteiger partial charge in [0, 0.05) is 12.1 Å². The third-order valence-electron chi connectivity index (χ3n) is 5.22. The van der Waals surface area contributed by atoms with Crippen LogP contribution in [0.5, 0.6) is 5.75 Å². The predicted octanol–water partition coefficient (Wildman–Crippen LogP) is 3.34. The highest BCUT2D eigenvalue weighted by atomic mass is 16.6. The summed E-state index contributed by atoms with van der Waals surface area (Å²) in [5, 5.41) is 17.1. The van der Waals surface area contributed by atoms with Crippen molar-refractivity contribution >= 4 is 17.3 Å². The minimum Gasteiger partial charge on any atom is -0.494 e. The van der Waals surface area contributed by atoms with Crippen LogP contribution >= 0.6 is 0 Å². The molecule has 138 valence electrons. The summed E-state index contributed by atoms with van der Waals surface area (Å²) < 4.78 is 5.16. The maximum absolute atomic E-state index is 12.5. The summed E-state index contributed by atoms with van der Waals surface area (Å²) in [4.78, 5) is 22.8. The highest BCUT2D eigenvalue weighted by Gasteiger charge is 2.29. The number of carbonyl (C=O) groups excluding carboxylic acids is 1. The zero-order valence-corrected chi connectivity index (χ0v) is 15.2. The number of nitrogens with zero attached hydrogens (tertiary/aromatic N) is 1. The fraction of sp³-hybridized carbons (Fsp3) is 0.611. The maximum Gasteiger partial charge on any atom is 0.273 e. The van der Waals surface area contributed by atoms with E-state index in [4.69, 9.17) is 4.74 Å². The molecule has 25 heavy (non-hydrogen) atoms. The maximum atomic E-state index is 12.5. The van der Waals surface area contributed by atoms with Gasteiger partial charge in [0.1, 0.15) is 5.75 Å². The van der Waals surface area contributed by atoms with Crippen molar-refractivity contribution in [3.63, 3.8) is 0 Å². The number of non-ortho nitro benzene ring substituents is 1. The summed E-state index contributed by atoms with van der Waals surface area (Å²) in [5.74, 6) is 1.26. The normalized spacial score (nSPS) is 24.4. The Labute approximate surface area is 148 Å². The van der Waals surface area contributed by atoms with Gasteiger partial charge in [-0.3, -0.25) is 14.9 Å². The summed E-state index contributed by atoms with van der Waals surface area (Å²) in [7, 11) is 1.42. The zero-order chi connectivity index (χ0) is 18.6. The van der Waals surface area contributed by atoms with Gasteiger partial charge in [0.25, 0.3) is 5.69 Å². The lowest BCUT2D eigenvalue weighted by Crippen LogP contribution is -2.49. The summed E-state index contributed by atoms with van der Waals surface area (Å²) in [6.07, 6.45) is 3.48. The molecule has 0 aliphatic heterocycles. The third-order valence-corrected chi connectivity index (χ3v) is 5.22. The zero-order valence-electron chi connectivity index (χ0n) is 15.2. The Morgan fingerprint density at radius 2 is 2.08 bits per heavy atom. The Kier molecular flexibility index (Phi) is 6.36. The Morgan fingerprint density at radius 1 is 1.36 bits per heavy atom. The van der Waals surface area contributed by atoms with E-state index >= 15 is 0 Å². The summed E-state index contributed by atoms with van der Waals surface area (Å²) >= 11 is 0. The van der Waals surface area contributed by atoms with Crippen LogP contribution in [0.1, 0.15) is 40.0 Å². The molecule has 1 aromatic carbocycles. The minimum absolute atomic E-state index is 0.0777. The number of hydrogen-bond donors (Lipinski definition) is 2. The lowest BCUT2D eigenvalue weighted by Gasteiger charge is -2.36. The molecule has 0 aromatic heterocycles. The lowest BCUT2D eigenvalue weighted by molar-refractivity contribution is -0.384. The second-order valence-corrected chi connectivity index (χ2v) is 6.89. The van der Waals surface area contributed by atoms with Gasteiger partial charge in [-0.05, 0) is 31.2 Å². The van der Waals surface area contributed by atoms with Crippen molar-refractivity contribution in [2.24, 2.45) is 11.8 Å². The van der Waals surface area contributed by atoms with Crippen LogP contribution in [0.15, 0.2) is 18.2 Å². The van der Waals surface area contributed by atoms with Crippen LogP contribution in [0.25, 0.3) is 0 Å². The lowest BCUT2D eigenvalue weighted by atomic mass is 9.78. The fourth-order valence-electron chi connectivity index (χ4n) is 3.35. The number of hydrogen-bond acceptors (Lipinski definition) is 5. The van der Waals surface area contributed by atoms with Gasteiger partial charge in [0.2, 0.25) is 5.91 Å². The molecule has 1 fully saturated rings. The van der Waals surface area contributed by atoms with Crippen molar-refractivity contribution in [1.82, 2.24) is 5.32 Å². The molecule has 0 unspecified atom stereocenters. The number of ether oxygens (including phenoxy) is 1. The monoisotopic (exact) mass is 349 g/mol. The van der Waals surface area contributed by atoms with E-state index in [1.165, 1.54) is 38.2 Å². The number of nitrogens with one attached hydrogen (secondary N) is 2. The van der Waals surface area contributed by atoms with Gasteiger partial charge in [-0.1, -0.05) is 26.7 Å². The van der Waals surface area contributed by atoms with Crippen LogP contribution in [0, 0.1) is 22.0 Å². The number of carbonyl (C=O) groups is 1. The Morgan fingerprint density at radius 3 is 2.72 bits per heavy atom. The first-order chi connectivity index (χ1) is 11.8. The number of nitro benzene ring substituents is 1. The Balaban J connectivity index is 2.02. The molecule has 2 rings (SSSR count). The van der Waals surface area contributed by atoms with E-state index in [0.29, 0.717) is 23.6 Å². The van der Waals surface area contributed by atoms with Gasteiger partial charge in [-0.15, -0.1) is 0 Å². The SMILES string of the molecule is COc1cc([N+](=O)[O-])ccc1NC(=O)[C@H](C)N[C@H]1CCC[C@H](C)[C@H]1C. The predicted molar refractivity (Wildman–Crippen MR) is 96.8 cm³/mol. The van der Waals surface area contributed by atoms with Crippen LogP contribution in [-0.4, -0.2) is 30.0 Å². The van der Waals surface area contributed by atoms with Gasteiger partial charge < -0.3 is 15.4 Å². The molecule has 1 aliphatic rings. The van der Waals surface area contributed by atoms with Gasteiger partial charge in [0.15, 0.2) is 0 Å². The van der Waals surface area contributed by atoms with Gasteiger partial charge in [-0.2, -0.15) is 0 Å². The van der Waals surface area contributed by atoms with Crippen molar-refractivity contribution < 1.29 is 14.5 Å². The van der Waals surface area contributed by atoms with E-state index < -0.39 is 4.92 Å². The fourth-order valence-corrected chi connectivity index (χ4v) is 3.35. The molecule has 0 heterocycles. The summed E-state index contributed by atoms with van der Waals surface area (Å²) in [6.45, 7) is 6.32. The molecule has 0 spiro atoms. The number of anilines is 1. The number of amides is 1. The molecular formula is C18H27N3O4. The molecule has 2 N–H and O–H groups in total. The topological polar surface area (TPSA) is 93.5 Å². The summed E-state index contributed by atoms with van der Waals surface area (Å²) in [5.41, 5.74) is 0.350. The van der Waals surface area contributed by atoms with Crippen LogP contribution in [0.2, 0.25) is 0 Å². The molecule has 7 heteroatoms. The second kappa shape index (κ2) is 8.29.